The van der Waals surface area contributed by atoms with E-state index in [0.717, 1.165) is 148 Å². The van der Waals surface area contributed by atoms with Crippen LogP contribution in [0.4, 0.5) is 0 Å². The second-order valence-corrected chi connectivity index (χ2v) is 29.8. The number of rotatable bonds is 76. The standard InChI is InChI=1S/C83H146O16P2/c1-4-7-10-13-16-19-22-25-28-30-32-33-34-35-36-37-38-39-40-41-42-43-45-47-49-51-54-57-60-63-66-69-81(86)93-72-78(84)73-95-100(89,90)96-74-79(85)75-97-101(91,92)98-77-80(99-83(88)71-68-65-62-59-56-53-48-27-24-21-18-15-12-9-6-3)76-94-82(87)70-67-64-61-58-55-52-50-46-44-31-29-26-23-20-17-14-11-8-5-2/h7,10,16-17,19-20,25-26,28-29,32-33,35-36,38-39,44,46,78-80,84-85H,4-6,8-9,11-15,18,21-24,27,30-31,34,37,40-43,45,47-77H2,1-3H3,(H,89,90)(H,91,92)/b10-7-,19-16-,20-17-,28-25-,29-26-,33-32-,36-35-,39-38-,46-44-. The quantitative estimate of drug-likeness (QED) is 0.0146. The first-order valence-corrected chi connectivity index (χ1v) is 43.2. The van der Waals surface area contributed by atoms with Gasteiger partial charge in [0.05, 0.1) is 26.4 Å². The zero-order chi connectivity index (χ0) is 73.7. The Morgan fingerprint density at radius 1 is 0.287 bits per heavy atom. The molecule has 0 rings (SSSR count). The molecule has 0 heterocycles. The van der Waals surface area contributed by atoms with Crippen molar-refractivity contribution in [2.24, 2.45) is 0 Å². The lowest BCUT2D eigenvalue weighted by molar-refractivity contribution is -0.161. The van der Waals surface area contributed by atoms with Gasteiger partial charge < -0.3 is 34.2 Å². The molecule has 0 aliphatic heterocycles. The molecule has 584 valence electrons. The second kappa shape index (κ2) is 75.9. The fraction of sp³-hybridized carbons (Fsp3) is 0.747. The number of aliphatic hydroxyl groups excluding tert-OH is 2. The van der Waals surface area contributed by atoms with Crippen molar-refractivity contribution in [2.75, 3.05) is 39.6 Å². The van der Waals surface area contributed by atoms with Gasteiger partial charge in [0.25, 0.3) is 0 Å². The number of unbranched alkanes of at least 4 members (excludes halogenated alkanes) is 35. The molecule has 18 heteroatoms. The number of ether oxygens (including phenoxy) is 3. The van der Waals surface area contributed by atoms with Gasteiger partial charge in [-0.15, -0.1) is 0 Å². The Balaban J connectivity index is 4.48. The molecule has 0 amide bonds. The zero-order valence-electron chi connectivity index (χ0n) is 63.8. The average Bonchev–Trinajstić information content (AvgIpc) is 0.980. The van der Waals surface area contributed by atoms with E-state index < -0.39 is 91.5 Å². The lowest BCUT2D eigenvalue weighted by atomic mass is 10.0. The first kappa shape index (κ1) is 97.2. The predicted octanol–water partition coefficient (Wildman–Crippen LogP) is 23.5. The van der Waals surface area contributed by atoms with E-state index in [2.05, 4.69) is 130 Å². The number of carbonyl (C=O) groups is 3. The van der Waals surface area contributed by atoms with Crippen molar-refractivity contribution < 1.29 is 75.8 Å². The number of esters is 3. The van der Waals surface area contributed by atoms with Crippen LogP contribution >= 0.6 is 15.6 Å². The number of hydrogen-bond donors (Lipinski definition) is 4. The molecule has 5 unspecified atom stereocenters. The molecule has 5 atom stereocenters. The summed E-state index contributed by atoms with van der Waals surface area (Å²) >= 11 is 0. The number of aliphatic hydroxyl groups is 2. The van der Waals surface area contributed by atoms with Crippen molar-refractivity contribution >= 4 is 33.6 Å². The minimum atomic E-state index is -4.93. The van der Waals surface area contributed by atoms with E-state index in [1.54, 1.807) is 0 Å². The number of carbonyl (C=O) groups excluding carboxylic acids is 3. The highest BCUT2D eigenvalue weighted by atomic mass is 31.2. The molecule has 0 radical (unpaired) electrons. The van der Waals surface area contributed by atoms with E-state index >= 15 is 0 Å². The average molecular weight is 1460 g/mol. The third-order valence-corrected chi connectivity index (χ3v) is 18.9. The van der Waals surface area contributed by atoms with Gasteiger partial charge in [0, 0.05) is 19.3 Å². The number of phosphoric ester groups is 2. The fourth-order valence-electron chi connectivity index (χ4n) is 10.9. The lowest BCUT2D eigenvalue weighted by Crippen LogP contribution is -2.30. The Morgan fingerprint density at radius 2 is 0.525 bits per heavy atom. The first-order valence-electron chi connectivity index (χ1n) is 40.2. The predicted molar refractivity (Wildman–Crippen MR) is 417 cm³/mol. The molecule has 0 aromatic carbocycles. The van der Waals surface area contributed by atoms with E-state index in [4.69, 9.17) is 32.3 Å². The summed E-state index contributed by atoms with van der Waals surface area (Å²) in [5.41, 5.74) is 0. The summed E-state index contributed by atoms with van der Waals surface area (Å²) in [6.07, 6.45) is 88.5. The van der Waals surface area contributed by atoms with Gasteiger partial charge in [-0.05, 0) is 109 Å². The van der Waals surface area contributed by atoms with Crippen LogP contribution in [0.25, 0.3) is 0 Å². The molecule has 16 nitrogen and oxygen atoms in total. The minimum Gasteiger partial charge on any atom is -0.463 e. The SMILES string of the molecule is CC/C=C\C/C=C\C/C=C\C/C=C\C/C=C\C/C=C\CCCCCCCCCCCCCCC(=O)OCC(O)COP(=O)(O)OCC(O)COP(=O)(O)OCC(COC(=O)CCCCCCCC/C=C\C/C=C\C/C=C\CCCCC)OC(=O)CCCCCCCCCCCCCCCCC. The summed E-state index contributed by atoms with van der Waals surface area (Å²) in [6.45, 7) is 2.56. The van der Waals surface area contributed by atoms with Crippen LogP contribution in [0.2, 0.25) is 0 Å². The number of allylic oxidation sites excluding steroid dienone is 18. The number of phosphoric acid groups is 2. The van der Waals surface area contributed by atoms with Crippen molar-refractivity contribution in [1.29, 1.82) is 0 Å². The van der Waals surface area contributed by atoms with E-state index in [1.807, 2.05) is 0 Å². The van der Waals surface area contributed by atoms with Crippen molar-refractivity contribution in [3.63, 3.8) is 0 Å². The normalized spacial score (nSPS) is 14.6. The van der Waals surface area contributed by atoms with Crippen molar-refractivity contribution in [3.05, 3.63) is 109 Å². The highest BCUT2D eigenvalue weighted by Crippen LogP contribution is 2.45. The summed E-state index contributed by atoms with van der Waals surface area (Å²) in [5.74, 6) is -1.58. The molecule has 0 fully saturated rings. The summed E-state index contributed by atoms with van der Waals surface area (Å²) in [7, 11) is -9.79. The zero-order valence-corrected chi connectivity index (χ0v) is 65.6. The molecular formula is C83H146O16P2. The maximum absolute atomic E-state index is 13.0. The Morgan fingerprint density at radius 3 is 0.851 bits per heavy atom. The largest absolute Gasteiger partial charge is 0.472 e. The van der Waals surface area contributed by atoms with E-state index in [9.17, 15) is 43.5 Å². The Labute approximate surface area is 615 Å². The van der Waals surface area contributed by atoms with Crippen LogP contribution in [-0.4, -0.2) is 95.9 Å². The third-order valence-electron chi connectivity index (χ3n) is 17.0. The molecular weight excluding hydrogens is 1310 g/mol. The van der Waals surface area contributed by atoms with Crippen LogP contribution in [0, 0.1) is 0 Å². The van der Waals surface area contributed by atoms with Crippen molar-refractivity contribution in [2.45, 2.75) is 360 Å². The molecule has 4 N–H and O–H groups in total. The van der Waals surface area contributed by atoms with Gasteiger partial charge in [-0.25, -0.2) is 9.13 Å². The molecule has 0 aliphatic carbocycles. The topological polar surface area (TPSA) is 231 Å². The summed E-state index contributed by atoms with van der Waals surface area (Å²) < 4.78 is 61.2. The van der Waals surface area contributed by atoms with E-state index in [1.165, 1.54) is 135 Å². The summed E-state index contributed by atoms with van der Waals surface area (Å²) in [4.78, 5) is 58.6. The molecule has 101 heavy (non-hydrogen) atoms. The first-order chi connectivity index (χ1) is 49.2. The van der Waals surface area contributed by atoms with Crippen LogP contribution in [-0.2, 0) is 55.8 Å². The molecule has 0 saturated heterocycles. The maximum atomic E-state index is 13.0. The number of hydrogen-bond acceptors (Lipinski definition) is 14. The molecule has 0 bridgehead atoms. The third kappa shape index (κ3) is 77.1. The Bertz CT molecular complexity index is 2270. The monoisotopic (exact) mass is 1460 g/mol. The molecule has 0 aliphatic rings. The van der Waals surface area contributed by atoms with Crippen LogP contribution in [0.1, 0.15) is 342 Å². The van der Waals surface area contributed by atoms with Gasteiger partial charge in [-0.3, -0.25) is 32.5 Å². The van der Waals surface area contributed by atoms with E-state index in [-0.39, 0.29) is 19.3 Å². The van der Waals surface area contributed by atoms with Gasteiger partial charge >= 0.3 is 33.6 Å². The molecule has 0 aromatic rings. The van der Waals surface area contributed by atoms with E-state index in [0.29, 0.717) is 19.3 Å². The molecule has 0 saturated carbocycles. The smallest absolute Gasteiger partial charge is 0.463 e. The highest BCUT2D eigenvalue weighted by Gasteiger charge is 2.29. The van der Waals surface area contributed by atoms with Crippen LogP contribution in [0.5, 0.6) is 0 Å². The minimum absolute atomic E-state index is 0.105. The van der Waals surface area contributed by atoms with Gasteiger partial charge in [-0.2, -0.15) is 0 Å². The highest BCUT2D eigenvalue weighted by molar-refractivity contribution is 7.47. The van der Waals surface area contributed by atoms with Crippen molar-refractivity contribution in [3.8, 4) is 0 Å². The summed E-state index contributed by atoms with van der Waals surface area (Å²) in [5, 5.41) is 20.6. The molecule has 0 aromatic heterocycles. The van der Waals surface area contributed by atoms with Gasteiger partial charge in [0.1, 0.15) is 25.4 Å². The van der Waals surface area contributed by atoms with Crippen LogP contribution < -0.4 is 0 Å². The lowest BCUT2D eigenvalue weighted by Gasteiger charge is -2.21. The van der Waals surface area contributed by atoms with Crippen LogP contribution in [0.15, 0.2) is 109 Å². The van der Waals surface area contributed by atoms with Gasteiger partial charge in [0.2, 0.25) is 0 Å². The second-order valence-electron chi connectivity index (χ2n) is 26.8. The Kier molecular flexibility index (Phi) is 73.0. The molecule has 0 spiro atoms. The van der Waals surface area contributed by atoms with Gasteiger partial charge in [0.15, 0.2) is 6.10 Å². The van der Waals surface area contributed by atoms with Crippen LogP contribution in [0.3, 0.4) is 0 Å². The summed E-state index contributed by atoms with van der Waals surface area (Å²) in [6, 6.07) is 0. The van der Waals surface area contributed by atoms with Crippen molar-refractivity contribution in [1.82, 2.24) is 0 Å². The Hall–Kier alpha value is -3.79. The fourth-order valence-corrected chi connectivity index (χ4v) is 12.5. The maximum Gasteiger partial charge on any atom is 0.472 e. The van der Waals surface area contributed by atoms with Gasteiger partial charge in [-0.1, -0.05) is 323 Å².